The van der Waals surface area contributed by atoms with E-state index < -0.39 is 17.8 Å². The fraction of sp³-hybridized carbons (Fsp3) is 0.269. The standard InChI is InChI=1S/C26H25ClFN3O4/c1-34-24(17-6-3-2-4-7-17)25(32)30-22-15-23(20(27)14-21(22)28)35-19-9-12-31(13-10-19)26(33)18-8-5-11-29-16-18/h2-8,11,14-16,19,24H,9-10,12-13H2,1H3,(H,30,32)/t24-/m0/s1. The van der Waals surface area contributed by atoms with Gasteiger partial charge in [-0.3, -0.25) is 14.6 Å². The number of carbonyl (C=O) groups excluding carboxylic acids is 2. The van der Waals surface area contributed by atoms with E-state index in [0.717, 1.165) is 6.07 Å². The van der Waals surface area contributed by atoms with E-state index in [1.54, 1.807) is 53.7 Å². The lowest BCUT2D eigenvalue weighted by molar-refractivity contribution is -0.126. The monoisotopic (exact) mass is 497 g/mol. The molecule has 0 spiro atoms. The van der Waals surface area contributed by atoms with Gasteiger partial charge in [0, 0.05) is 51.5 Å². The van der Waals surface area contributed by atoms with Crippen molar-refractivity contribution in [3.63, 3.8) is 0 Å². The van der Waals surface area contributed by atoms with Gasteiger partial charge in [-0.05, 0) is 23.8 Å². The molecule has 1 fully saturated rings. The number of nitrogens with zero attached hydrogens (tertiary/aromatic N) is 2. The van der Waals surface area contributed by atoms with Gasteiger partial charge in [0.15, 0.2) is 6.10 Å². The van der Waals surface area contributed by atoms with Crippen molar-refractivity contribution in [2.75, 3.05) is 25.5 Å². The molecule has 2 heterocycles. The first-order valence-corrected chi connectivity index (χ1v) is 11.6. The van der Waals surface area contributed by atoms with Crippen molar-refractivity contribution in [3.05, 3.63) is 89.0 Å². The van der Waals surface area contributed by atoms with Crippen LogP contribution in [0.3, 0.4) is 0 Å². The third kappa shape index (κ3) is 5.96. The number of ether oxygens (including phenoxy) is 2. The fourth-order valence-electron chi connectivity index (χ4n) is 3.96. The van der Waals surface area contributed by atoms with Crippen LogP contribution in [0.25, 0.3) is 0 Å². The Hall–Kier alpha value is -3.49. The Morgan fingerprint density at radius 3 is 2.54 bits per heavy atom. The summed E-state index contributed by atoms with van der Waals surface area (Å²) in [6.45, 7) is 1.01. The number of carbonyl (C=O) groups is 2. The molecule has 1 N–H and O–H groups in total. The summed E-state index contributed by atoms with van der Waals surface area (Å²) < 4.78 is 26.0. The zero-order valence-corrected chi connectivity index (χ0v) is 19.9. The van der Waals surface area contributed by atoms with Crippen molar-refractivity contribution in [2.45, 2.75) is 25.0 Å². The lowest BCUT2D eigenvalue weighted by Crippen LogP contribution is -2.41. The number of nitrogens with one attached hydrogen (secondary N) is 1. The van der Waals surface area contributed by atoms with Gasteiger partial charge in [0.1, 0.15) is 17.7 Å². The highest BCUT2D eigenvalue weighted by Crippen LogP contribution is 2.33. The van der Waals surface area contributed by atoms with E-state index in [2.05, 4.69) is 10.3 Å². The molecule has 1 aromatic heterocycles. The number of pyridine rings is 1. The van der Waals surface area contributed by atoms with E-state index >= 15 is 0 Å². The highest BCUT2D eigenvalue weighted by Gasteiger charge is 2.26. The molecule has 0 saturated carbocycles. The third-order valence-corrected chi connectivity index (χ3v) is 6.08. The van der Waals surface area contributed by atoms with Crippen LogP contribution >= 0.6 is 11.6 Å². The first-order valence-electron chi connectivity index (χ1n) is 11.2. The number of halogens is 2. The van der Waals surface area contributed by atoms with E-state index in [1.165, 1.54) is 13.2 Å². The van der Waals surface area contributed by atoms with E-state index in [9.17, 15) is 14.0 Å². The van der Waals surface area contributed by atoms with Gasteiger partial charge < -0.3 is 19.7 Å². The number of likely N-dealkylation sites (tertiary alicyclic amines) is 1. The summed E-state index contributed by atoms with van der Waals surface area (Å²) >= 11 is 6.23. The third-order valence-electron chi connectivity index (χ3n) is 5.79. The molecule has 1 aliphatic rings. The Kier molecular flexibility index (Phi) is 7.94. The molecule has 2 aromatic carbocycles. The number of hydrogen-bond donors (Lipinski definition) is 1. The molecular formula is C26H25ClFN3O4. The maximum atomic E-state index is 14.6. The average molecular weight is 498 g/mol. The Bertz CT molecular complexity index is 1170. The highest BCUT2D eigenvalue weighted by molar-refractivity contribution is 6.32. The van der Waals surface area contributed by atoms with Crippen LogP contribution in [0.5, 0.6) is 5.75 Å². The molecule has 2 amide bonds. The van der Waals surface area contributed by atoms with Crippen LogP contribution in [-0.2, 0) is 9.53 Å². The van der Waals surface area contributed by atoms with Crippen molar-refractivity contribution in [3.8, 4) is 5.75 Å². The number of rotatable bonds is 7. The van der Waals surface area contributed by atoms with Gasteiger partial charge in [0.25, 0.3) is 11.8 Å². The molecule has 1 saturated heterocycles. The molecule has 0 unspecified atom stereocenters. The smallest absolute Gasteiger partial charge is 0.258 e. The number of aromatic nitrogens is 1. The Labute approximate surface area is 207 Å². The van der Waals surface area contributed by atoms with Crippen LogP contribution in [-0.4, -0.2) is 48.0 Å². The number of anilines is 1. The molecule has 1 atom stereocenters. The quantitative estimate of drug-likeness (QED) is 0.503. The molecule has 3 aromatic rings. The van der Waals surface area contributed by atoms with Gasteiger partial charge in [0.2, 0.25) is 0 Å². The normalized spacial score (nSPS) is 14.9. The minimum absolute atomic E-state index is 0.0587. The molecule has 35 heavy (non-hydrogen) atoms. The van der Waals surface area contributed by atoms with Crippen LogP contribution in [0.2, 0.25) is 5.02 Å². The van der Waals surface area contributed by atoms with E-state index in [0.29, 0.717) is 37.1 Å². The zero-order chi connectivity index (χ0) is 24.8. The van der Waals surface area contributed by atoms with E-state index in [-0.39, 0.29) is 28.5 Å². The predicted molar refractivity (Wildman–Crippen MR) is 130 cm³/mol. The van der Waals surface area contributed by atoms with Crippen LogP contribution < -0.4 is 10.1 Å². The lowest BCUT2D eigenvalue weighted by Gasteiger charge is -2.32. The van der Waals surface area contributed by atoms with Crippen LogP contribution in [0, 0.1) is 5.82 Å². The predicted octanol–water partition coefficient (Wildman–Crippen LogP) is 4.88. The number of methoxy groups -OCH3 is 1. The minimum atomic E-state index is -0.905. The number of amides is 2. The Morgan fingerprint density at radius 2 is 1.89 bits per heavy atom. The first-order chi connectivity index (χ1) is 17.0. The molecule has 4 rings (SSSR count). The molecule has 9 heteroatoms. The summed E-state index contributed by atoms with van der Waals surface area (Å²) in [4.78, 5) is 31.1. The molecule has 7 nitrogen and oxygen atoms in total. The summed E-state index contributed by atoms with van der Waals surface area (Å²) in [5.41, 5.74) is 1.13. The second-order valence-corrected chi connectivity index (χ2v) is 8.54. The van der Waals surface area contributed by atoms with Crippen molar-refractivity contribution < 1.29 is 23.5 Å². The summed E-state index contributed by atoms with van der Waals surface area (Å²) in [6.07, 6.45) is 3.22. The number of piperidine rings is 1. The van der Waals surface area contributed by atoms with Crippen molar-refractivity contribution in [1.29, 1.82) is 0 Å². The molecule has 182 valence electrons. The van der Waals surface area contributed by atoms with Crippen LogP contribution in [0.4, 0.5) is 10.1 Å². The van der Waals surface area contributed by atoms with E-state index in [1.807, 2.05) is 6.07 Å². The highest BCUT2D eigenvalue weighted by atomic mass is 35.5. The topological polar surface area (TPSA) is 80.8 Å². The van der Waals surface area contributed by atoms with Crippen molar-refractivity contribution in [1.82, 2.24) is 9.88 Å². The molecular weight excluding hydrogens is 473 g/mol. The molecule has 0 radical (unpaired) electrons. The van der Waals surface area contributed by atoms with Gasteiger partial charge in [-0.15, -0.1) is 0 Å². The van der Waals surface area contributed by atoms with Crippen LogP contribution in [0.15, 0.2) is 67.0 Å². The second kappa shape index (κ2) is 11.3. The molecule has 1 aliphatic heterocycles. The maximum Gasteiger partial charge on any atom is 0.258 e. The summed E-state index contributed by atoms with van der Waals surface area (Å²) in [5, 5.41) is 2.67. The van der Waals surface area contributed by atoms with Gasteiger partial charge >= 0.3 is 0 Å². The number of hydrogen-bond acceptors (Lipinski definition) is 5. The lowest BCUT2D eigenvalue weighted by atomic mass is 10.1. The number of benzene rings is 2. The summed E-state index contributed by atoms with van der Waals surface area (Å²) in [7, 11) is 1.41. The van der Waals surface area contributed by atoms with E-state index in [4.69, 9.17) is 21.1 Å². The Balaban J connectivity index is 1.40. The summed E-state index contributed by atoms with van der Waals surface area (Å²) in [6, 6.07) is 14.9. The fourth-order valence-corrected chi connectivity index (χ4v) is 4.16. The van der Waals surface area contributed by atoms with Gasteiger partial charge in [0.05, 0.1) is 16.3 Å². The largest absolute Gasteiger partial charge is 0.489 e. The first kappa shape index (κ1) is 24.6. The average Bonchev–Trinajstić information content (AvgIpc) is 2.88. The van der Waals surface area contributed by atoms with Crippen molar-refractivity contribution in [2.24, 2.45) is 0 Å². The SMILES string of the molecule is CO[C@H](C(=O)Nc1cc(OC2CCN(C(=O)c3cccnc3)CC2)c(Cl)cc1F)c1ccccc1. The van der Waals surface area contributed by atoms with Gasteiger partial charge in [-0.25, -0.2) is 4.39 Å². The van der Waals surface area contributed by atoms with Crippen LogP contribution in [0.1, 0.15) is 34.9 Å². The maximum absolute atomic E-state index is 14.6. The Morgan fingerprint density at radius 1 is 1.14 bits per heavy atom. The van der Waals surface area contributed by atoms with Crippen molar-refractivity contribution >= 4 is 29.1 Å². The second-order valence-electron chi connectivity index (χ2n) is 8.13. The van der Waals surface area contributed by atoms with Gasteiger partial charge in [-0.1, -0.05) is 41.9 Å². The molecule has 0 aliphatic carbocycles. The zero-order valence-electron chi connectivity index (χ0n) is 19.1. The van der Waals surface area contributed by atoms with Gasteiger partial charge in [-0.2, -0.15) is 0 Å². The summed E-state index contributed by atoms with van der Waals surface area (Å²) in [5.74, 6) is -1.02. The molecule has 0 bridgehead atoms. The minimum Gasteiger partial charge on any atom is -0.489 e.